The Kier molecular flexibility index (Phi) is 10.8. The van der Waals surface area contributed by atoms with Gasteiger partial charge in [-0.05, 0) is 86.3 Å². The predicted molar refractivity (Wildman–Crippen MR) is 229 cm³/mol. The van der Waals surface area contributed by atoms with Crippen LogP contribution in [-0.2, 0) is 40.8 Å². The Morgan fingerprint density at radius 3 is 2.30 bits per heavy atom. The number of alkyl halides is 2. The molecule has 1 unspecified atom stereocenters. The van der Waals surface area contributed by atoms with Gasteiger partial charge in [-0.25, -0.2) is 13.2 Å². The molecule has 5 amide bonds. The molecule has 6 aliphatic rings. The molecule has 1 aliphatic carbocycles. The number of hydrogen-bond acceptors (Lipinski definition) is 10. The number of carbonyl (C=O) groups is 5. The highest BCUT2D eigenvalue weighted by Crippen LogP contribution is 2.45. The van der Waals surface area contributed by atoms with Gasteiger partial charge < -0.3 is 14.7 Å². The van der Waals surface area contributed by atoms with Crippen molar-refractivity contribution in [2.24, 2.45) is 13.0 Å². The minimum Gasteiger partial charge on any atom is -0.367 e. The number of hydrogen-bond donors (Lipinski definition) is 1. The summed E-state index contributed by atoms with van der Waals surface area (Å²) >= 11 is 0. The van der Waals surface area contributed by atoms with Crippen molar-refractivity contribution in [3.8, 4) is 11.1 Å². The van der Waals surface area contributed by atoms with Gasteiger partial charge in [-0.3, -0.25) is 48.5 Å². The van der Waals surface area contributed by atoms with Crippen LogP contribution in [0.5, 0.6) is 0 Å². The molecule has 18 heteroatoms. The SMILES string of the molecule is CC(=O)N1CCc2c(c(N3CCCc4cc(-c5cnn(C)c5)c(C(F)F)cc43)nn2C2CCC(CN3CCN(c4cc5c(cc4F)C(=O)N(C4CCC(=O)NC4=O)C5=O)CC3)CC2)C1. The standard InChI is InChI=1S/C46H51F3N10O5/c1-26(60)56-13-11-37-35(25-56)43(57-12-3-4-28-18-31(29-22-50-53(2)24-29)32(42(48)49)20-39(28)57)52-59(37)30-7-5-27(6-8-30)23-54-14-16-55(17-15-54)40-21-34-33(19-36(40)47)45(63)58(46(34)64)38-9-10-41(61)51-44(38)62/h18-22,24,27,30,38,42H,3-17,23,25H2,1-2H3,(H,51,61,62). The summed E-state index contributed by atoms with van der Waals surface area (Å²) in [5.41, 5.74) is 5.17. The highest BCUT2D eigenvalue weighted by molar-refractivity contribution is 6.23. The van der Waals surface area contributed by atoms with E-state index in [2.05, 4.69) is 24.9 Å². The van der Waals surface area contributed by atoms with E-state index in [0.29, 0.717) is 69.3 Å². The second-order valence-electron chi connectivity index (χ2n) is 18.2. The molecule has 0 bridgehead atoms. The van der Waals surface area contributed by atoms with Crippen LogP contribution in [0.1, 0.15) is 107 Å². The van der Waals surface area contributed by atoms with Crippen LogP contribution in [0.3, 0.4) is 0 Å². The van der Waals surface area contributed by atoms with Crippen molar-refractivity contribution in [1.82, 2.24) is 39.6 Å². The first-order valence-corrected chi connectivity index (χ1v) is 22.4. The van der Waals surface area contributed by atoms with Crippen molar-refractivity contribution in [2.75, 3.05) is 55.6 Å². The molecule has 1 N–H and O–H groups in total. The van der Waals surface area contributed by atoms with Gasteiger partial charge in [-0.15, -0.1) is 0 Å². The van der Waals surface area contributed by atoms with Gasteiger partial charge in [0.2, 0.25) is 17.7 Å². The van der Waals surface area contributed by atoms with Gasteiger partial charge in [-0.1, -0.05) is 0 Å². The topological polar surface area (TPSA) is 149 Å². The van der Waals surface area contributed by atoms with Crippen molar-refractivity contribution in [1.29, 1.82) is 0 Å². The summed E-state index contributed by atoms with van der Waals surface area (Å²) in [7, 11) is 1.77. The quantitative estimate of drug-likeness (QED) is 0.231. The van der Waals surface area contributed by atoms with Crippen LogP contribution in [0.15, 0.2) is 36.7 Å². The first kappa shape index (κ1) is 41.9. The molecule has 5 aliphatic heterocycles. The number of halogens is 3. The molecule has 2 aromatic heterocycles. The maximum Gasteiger partial charge on any atom is 0.264 e. The van der Waals surface area contributed by atoms with Crippen LogP contribution >= 0.6 is 0 Å². The highest BCUT2D eigenvalue weighted by Gasteiger charge is 2.45. The smallest absolute Gasteiger partial charge is 0.264 e. The zero-order valence-electron chi connectivity index (χ0n) is 36.0. The van der Waals surface area contributed by atoms with E-state index in [4.69, 9.17) is 5.10 Å². The van der Waals surface area contributed by atoms with Crippen molar-refractivity contribution in [2.45, 2.75) is 89.8 Å². The second-order valence-corrected chi connectivity index (χ2v) is 18.2. The molecule has 7 heterocycles. The largest absolute Gasteiger partial charge is 0.367 e. The summed E-state index contributed by atoms with van der Waals surface area (Å²) in [5, 5.41) is 11.7. The molecule has 0 radical (unpaired) electrons. The van der Waals surface area contributed by atoms with Crippen LogP contribution in [-0.4, -0.2) is 116 Å². The van der Waals surface area contributed by atoms with E-state index >= 15 is 4.39 Å². The summed E-state index contributed by atoms with van der Waals surface area (Å²) in [4.78, 5) is 72.6. The van der Waals surface area contributed by atoms with Gasteiger partial charge in [0, 0.05) is 107 Å². The molecule has 2 saturated heterocycles. The van der Waals surface area contributed by atoms with Crippen LogP contribution in [0.4, 0.5) is 30.4 Å². The number of nitrogens with one attached hydrogen (secondary N) is 1. The normalized spacial score (nSPS) is 22.9. The molecule has 0 spiro atoms. The molecular weight excluding hydrogens is 830 g/mol. The lowest BCUT2D eigenvalue weighted by Gasteiger charge is -2.39. The number of aromatic nitrogens is 4. The van der Waals surface area contributed by atoms with E-state index in [0.717, 1.165) is 84.4 Å². The molecule has 1 atom stereocenters. The summed E-state index contributed by atoms with van der Waals surface area (Å²) in [6, 6.07) is 5.09. The number of amides is 5. The van der Waals surface area contributed by atoms with Gasteiger partial charge in [-0.2, -0.15) is 10.2 Å². The van der Waals surface area contributed by atoms with E-state index in [1.165, 1.54) is 6.07 Å². The first-order chi connectivity index (χ1) is 30.8. The Morgan fingerprint density at radius 1 is 0.859 bits per heavy atom. The number of nitrogens with zero attached hydrogens (tertiary/aromatic N) is 9. The van der Waals surface area contributed by atoms with Gasteiger partial charge >= 0.3 is 0 Å². The second kappa shape index (κ2) is 16.5. The third-order valence-corrected chi connectivity index (χ3v) is 14.3. The van der Waals surface area contributed by atoms with Gasteiger partial charge in [0.15, 0.2) is 5.82 Å². The van der Waals surface area contributed by atoms with Crippen molar-refractivity contribution >= 4 is 46.7 Å². The lowest BCUT2D eigenvalue weighted by atomic mass is 9.85. The average molecular weight is 881 g/mol. The predicted octanol–water partition coefficient (Wildman–Crippen LogP) is 5.30. The zero-order valence-corrected chi connectivity index (χ0v) is 36.0. The number of piperidine rings is 1. The molecule has 3 fully saturated rings. The number of fused-ring (bicyclic) bond motifs is 3. The minimum atomic E-state index is -2.68. The monoisotopic (exact) mass is 880 g/mol. The fourth-order valence-corrected chi connectivity index (χ4v) is 10.9. The van der Waals surface area contributed by atoms with E-state index in [1.54, 1.807) is 37.1 Å². The van der Waals surface area contributed by atoms with Crippen molar-refractivity contribution in [3.05, 3.63) is 76.0 Å². The molecule has 336 valence electrons. The maximum atomic E-state index is 15.6. The van der Waals surface area contributed by atoms with E-state index in [9.17, 15) is 32.8 Å². The molecular formula is C46H51F3N10O5. The summed E-state index contributed by atoms with van der Waals surface area (Å²) in [6.07, 6.45) is 6.83. The lowest BCUT2D eigenvalue weighted by molar-refractivity contribution is -0.136. The Bertz CT molecular complexity index is 2580. The summed E-state index contributed by atoms with van der Waals surface area (Å²) < 4.78 is 48.9. The Hall–Kier alpha value is -6.04. The fourth-order valence-electron chi connectivity index (χ4n) is 10.9. The van der Waals surface area contributed by atoms with Crippen molar-refractivity contribution < 1.29 is 37.1 Å². The summed E-state index contributed by atoms with van der Waals surface area (Å²) in [5.74, 6) is -1.97. The Labute approximate surface area is 368 Å². The maximum absolute atomic E-state index is 15.6. The highest BCUT2D eigenvalue weighted by atomic mass is 19.3. The Morgan fingerprint density at radius 2 is 1.61 bits per heavy atom. The first-order valence-electron chi connectivity index (χ1n) is 22.4. The fraction of sp³-hybridized carbons (Fsp3) is 0.500. The molecule has 10 rings (SSSR count). The number of aryl methyl sites for hydroxylation is 2. The van der Waals surface area contributed by atoms with Gasteiger partial charge in [0.25, 0.3) is 18.2 Å². The third kappa shape index (κ3) is 7.42. The number of anilines is 3. The van der Waals surface area contributed by atoms with Crippen LogP contribution in [0.2, 0.25) is 0 Å². The number of carbonyl (C=O) groups excluding carboxylic acids is 5. The van der Waals surface area contributed by atoms with Gasteiger partial charge in [0.1, 0.15) is 11.9 Å². The molecule has 4 aromatic rings. The van der Waals surface area contributed by atoms with E-state index in [1.807, 2.05) is 15.9 Å². The van der Waals surface area contributed by atoms with Crippen LogP contribution < -0.4 is 15.1 Å². The minimum absolute atomic E-state index is 0.00408. The molecule has 15 nitrogen and oxygen atoms in total. The zero-order chi connectivity index (χ0) is 44.6. The number of rotatable bonds is 8. The van der Waals surface area contributed by atoms with E-state index in [-0.39, 0.29) is 47.2 Å². The number of imide groups is 2. The molecule has 2 aromatic carbocycles. The van der Waals surface area contributed by atoms with Crippen LogP contribution in [0, 0.1) is 11.7 Å². The van der Waals surface area contributed by atoms with Gasteiger partial charge in [0.05, 0.1) is 35.6 Å². The Balaban J connectivity index is 0.812. The average Bonchev–Trinajstić information content (AvgIpc) is 3.96. The lowest BCUT2D eigenvalue weighted by Crippen LogP contribution is -2.54. The van der Waals surface area contributed by atoms with Crippen molar-refractivity contribution in [3.63, 3.8) is 0 Å². The third-order valence-electron chi connectivity index (χ3n) is 14.3. The van der Waals surface area contributed by atoms with Crippen LogP contribution in [0.25, 0.3) is 11.1 Å². The number of piperazine rings is 1. The summed E-state index contributed by atoms with van der Waals surface area (Å²) in [6.45, 7) is 6.59. The molecule has 1 saturated carbocycles. The molecule has 64 heavy (non-hydrogen) atoms. The number of benzene rings is 2. The van der Waals surface area contributed by atoms with E-state index < -0.39 is 41.9 Å².